The van der Waals surface area contributed by atoms with Crippen molar-refractivity contribution in [2.24, 2.45) is 0 Å². The fourth-order valence-electron chi connectivity index (χ4n) is 4.14. The molecule has 0 aromatic heterocycles. The predicted octanol–water partition coefficient (Wildman–Crippen LogP) is 2.53. The zero-order valence-electron chi connectivity index (χ0n) is 19.0. The normalized spacial score (nSPS) is 15.9. The maximum atomic E-state index is 12.8. The SMILES string of the molecule is CCS(=O)(=O)N(CC(=O)NCc1ccccc1CN1CCCC1)c1ccc2c(c1)OCCO2. The predicted molar refractivity (Wildman–Crippen MR) is 127 cm³/mol. The van der Waals surface area contributed by atoms with Crippen LogP contribution in [0.1, 0.15) is 30.9 Å². The highest BCUT2D eigenvalue weighted by Gasteiger charge is 2.25. The Balaban J connectivity index is 1.45. The molecule has 2 aliphatic heterocycles. The molecule has 0 atom stereocenters. The third-order valence-electron chi connectivity index (χ3n) is 5.99. The van der Waals surface area contributed by atoms with Gasteiger partial charge in [-0.3, -0.25) is 14.0 Å². The first kappa shape index (κ1) is 23.4. The van der Waals surface area contributed by atoms with Crippen LogP contribution in [-0.2, 0) is 27.9 Å². The lowest BCUT2D eigenvalue weighted by Gasteiger charge is -2.26. The Morgan fingerprint density at radius 1 is 1.03 bits per heavy atom. The molecule has 1 fully saturated rings. The number of likely N-dealkylation sites (tertiary alicyclic amines) is 1. The molecule has 2 aliphatic rings. The number of ether oxygens (including phenoxy) is 2. The second-order valence-corrected chi connectivity index (χ2v) is 10.4. The van der Waals surface area contributed by atoms with E-state index in [1.54, 1.807) is 25.1 Å². The summed E-state index contributed by atoms with van der Waals surface area (Å²) in [5, 5.41) is 2.90. The molecule has 8 nitrogen and oxygen atoms in total. The van der Waals surface area contributed by atoms with Crippen molar-refractivity contribution < 1.29 is 22.7 Å². The number of amides is 1. The summed E-state index contributed by atoms with van der Waals surface area (Å²) >= 11 is 0. The highest BCUT2D eigenvalue weighted by Crippen LogP contribution is 2.34. The number of nitrogens with one attached hydrogen (secondary N) is 1. The summed E-state index contributed by atoms with van der Waals surface area (Å²) in [6.07, 6.45) is 2.45. The molecule has 0 unspecified atom stereocenters. The van der Waals surface area contributed by atoms with Gasteiger partial charge in [-0.1, -0.05) is 24.3 Å². The molecule has 0 aliphatic carbocycles. The number of nitrogens with zero attached hydrogens (tertiary/aromatic N) is 2. The highest BCUT2D eigenvalue weighted by molar-refractivity contribution is 7.92. The Bertz CT molecular complexity index is 1080. The van der Waals surface area contributed by atoms with Crippen LogP contribution >= 0.6 is 0 Å². The molecule has 0 saturated carbocycles. The molecule has 2 aromatic carbocycles. The summed E-state index contributed by atoms with van der Waals surface area (Å²) in [4.78, 5) is 15.2. The van der Waals surface area contributed by atoms with Crippen molar-refractivity contribution >= 4 is 21.6 Å². The summed E-state index contributed by atoms with van der Waals surface area (Å²) in [6, 6.07) is 13.0. The van der Waals surface area contributed by atoms with Gasteiger partial charge in [-0.05, 0) is 56.1 Å². The quantitative estimate of drug-likeness (QED) is 0.602. The Kier molecular flexibility index (Phi) is 7.39. The number of hydrogen-bond acceptors (Lipinski definition) is 6. The van der Waals surface area contributed by atoms with Crippen LogP contribution in [0.25, 0.3) is 0 Å². The van der Waals surface area contributed by atoms with Crippen LogP contribution in [0.4, 0.5) is 5.69 Å². The third-order valence-corrected chi connectivity index (χ3v) is 7.73. The summed E-state index contributed by atoms with van der Waals surface area (Å²) in [5.41, 5.74) is 2.61. The number of rotatable bonds is 9. The van der Waals surface area contributed by atoms with E-state index in [9.17, 15) is 13.2 Å². The number of fused-ring (bicyclic) bond motifs is 1. The van der Waals surface area contributed by atoms with Crippen LogP contribution in [0.15, 0.2) is 42.5 Å². The zero-order chi connectivity index (χ0) is 23.3. The van der Waals surface area contributed by atoms with Gasteiger partial charge >= 0.3 is 0 Å². The number of benzene rings is 2. The number of carbonyl (C=O) groups is 1. The van der Waals surface area contributed by atoms with Crippen molar-refractivity contribution in [3.05, 3.63) is 53.6 Å². The van der Waals surface area contributed by atoms with Crippen molar-refractivity contribution in [3.8, 4) is 11.5 Å². The van der Waals surface area contributed by atoms with Crippen molar-refractivity contribution in [1.82, 2.24) is 10.2 Å². The van der Waals surface area contributed by atoms with Gasteiger partial charge in [-0.2, -0.15) is 0 Å². The summed E-state index contributed by atoms with van der Waals surface area (Å²) in [6.45, 7) is 5.51. The lowest BCUT2D eigenvalue weighted by Crippen LogP contribution is -2.41. The van der Waals surface area contributed by atoms with E-state index in [0.717, 1.165) is 29.5 Å². The van der Waals surface area contributed by atoms with E-state index in [1.807, 2.05) is 18.2 Å². The number of carbonyl (C=O) groups excluding carboxylic acids is 1. The molecule has 178 valence electrons. The van der Waals surface area contributed by atoms with Crippen molar-refractivity contribution in [3.63, 3.8) is 0 Å². The lowest BCUT2D eigenvalue weighted by atomic mass is 10.1. The fourth-order valence-corrected chi connectivity index (χ4v) is 5.20. The minimum Gasteiger partial charge on any atom is -0.486 e. The first-order valence-electron chi connectivity index (χ1n) is 11.4. The minimum atomic E-state index is -3.67. The van der Waals surface area contributed by atoms with E-state index < -0.39 is 10.0 Å². The second-order valence-electron chi connectivity index (χ2n) is 8.26. The van der Waals surface area contributed by atoms with Gasteiger partial charge in [0.05, 0.1) is 11.4 Å². The van der Waals surface area contributed by atoms with E-state index in [2.05, 4.69) is 16.3 Å². The molecule has 0 spiro atoms. The highest BCUT2D eigenvalue weighted by atomic mass is 32.2. The Labute approximate surface area is 195 Å². The molecule has 2 heterocycles. The Morgan fingerprint density at radius 2 is 1.73 bits per heavy atom. The van der Waals surface area contributed by atoms with E-state index >= 15 is 0 Å². The standard InChI is InChI=1S/C24H31N3O5S/c1-2-33(29,30)27(21-9-10-22-23(15-21)32-14-13-31-22)18-24(28)25-16-19-7-3-4-8-20(19)17-26-11-5-6-12-26/h3-4,7-10,15H,2,5-6,11-14,16-18H2,1H3,(H,25,28). The van der Waals surface area contributed by atoms with E-state index in [1.165, 1.54) is 18.4 Å². The zero-order valence-corrected chi connectivity index (χ0v) is 19.8. The Morgan fingerprint density at radius 3 is 2.45 bits per heavy atom. The topological polar surface area (TPSA) is 88.2 Å². The van der Waals surface area contributed by atoms with Crippen molar-refractivity contribution in [1.29, 1.82) is 0 Å². The molecular formula is C24H31N3O5S. The van der Waals surface area contributed by atoms with Gasteiger partial charge in [0, 0.05) is 19.2 Å². The summed E-state index contributed by atoms with van der Waals surface area (Å²) in [5.74, 6) is 0.565. The van der Waals surface area contributed by atoms with Gasteiger partial charge in [0.25, 0.3) is 0 Å². The molecule has 1 N–H and O–H groups in total. The van der Waals surface area contributed by atoms with Crippen LogP contribution in [0, 0.1) is 0 Å². The number of sulfonamides is 1. The molecule has 1 amide bonds. The number of hydrogen-bond donors (Lipinski definition) is 1. The van der Waals surface area contributed by atoms with E-state index in [0.29, 0.717) is 36.9 Å². The first-order chi connectivity index (χ1) is 16.0. The smallest absolute Gasteiger partial charge is 0.241 e. The summed E-state index contributed by atoms with van der Waals surface area (Å²) in [7, 11) is -3.67. The molecule has 4 rings (SSSR count). The van der Waals surface area contributed by atoms with Gasteiger partial charge in [-0.15, -0.1) is 0 Å². The minimum absolute atomic E-state index is 0.118. The van der Waals surface area contributed by atoms with Crippen LogP contribution in [0.3, 0.4) is 0 Å². The van der Waals surface area contributed by atoms with Gasteiger partial charge in [0.1, 0.15) is 19.8 Å². The molecular weight excluding hydrogens is 442 g/mol. The Hall–Kier alpha value is -2.78. The molecule has 0 radical (unpaired) electrons. The lowest BCUT2D eigenvalue weighted by molar-refractivity contribution is -0.119. The van der Waals surface area contributed by atoms with Crippen LogP contribution in [0.5, 0.6) is 11.5 Å². The maximum Gasteiger partial charge on any atom is 0.241 e. The van der Waals surface area contributed by atoms with Gasteiger partial charge in [-0.25, -0.2) is 8.42 Å². The fraction of sp³-hybridized carbons (Fsp3) is 0.458. The monoisotopic (exact) mass is 473 g/mol. The van der Waals surface area contributed by atoms with Crippen molar-refractivity contribution in [2.45, 2.75) is 32.9 Å². The molecule has 1 saturated heterocycles. The average Bonchev–Trinajstić information content (AvgIpc) is 3.34. The second kappa shape index (κ2) is 10.4. The van der Waals surface area contributed by atoms with Crippen molar-refractivity contribution in [2.75, 3.05) is 42.9 Å². The molecule has 2 aromatic rings. The third kappa shape index (κ3) is 5.78. The largest absolute Gasteiger partial charge is 0.486 e. The summed E-state index contributed by atoms with van der Waals surface area (Å²) < 4.78 is 37.8. The molecule has 0 bridgehead atoms. The average molecular weight is 474 g/mol. The van der Waals surface area contributed by atoms with Gasteiger partial charge < -0.3 is 14.8 Å². The van der Waals surface area contributed by atoms with Crippen LogP contribution < -0.4 is 19.1 Å². The number of anilines is 1. The van der Waals surface area contributed by atoms with E-state index in [-0.39, 0.29) is 18.2 Å². The van der Waals surface area contributed by atoms with E-state index in [4.69, 9.17) is 9.47 Å². The molecule has 33 heavy (non-hydrogen) atoms. The maximum absolute atomic E-state index is 12.8. The molecule has 9 heteroatoms. The van der Waals surface area contributed by atoms with Gasteiger partial charge in [0.15, 0.2) is 11.5 Å². The van der Waals surface area contributed by atoms with Gasteiger partial charge in [0.2, 0.25) is 15.9 Å². The van der Waals surface area contributed by atoms with Crippen LogP contribution in [0.2, 0.25) is 0 Å². The first-order valence-corrected chi connectivity index (χ1v) is 13.0. The van der Waals surface area contributed by atoms with Crippen LogP contribution in [-0.4, -0.2) is 57.8 Å².